The Balaban J connectivity index is 1.82. The van der Waals surface area contributed by atoms with Gasteiger partial charge < -0.3 is 0 Å². The molecule has 3 rings (SSSR count). The fourth-order valence-electron chi connectivity index (χ4n) is 2.23. The van der Waals surface area contributed by atoms with Crippen molar-refractivity contribution in [2.75, 3.05) is 0 Å². The van der Waals surface area contributed by atoms with Crippen LogP contribution < -0.4 is 0 Å². The van der Waals surface area contributed by atoms with E-state index in [1.807, 2.05) is 66.9 Å². The van der Waals surface area contributed by atoms with Gasteiger partial charge in [-0.3, -0.25) is 9.79 Å². The molecule has 0 atom stereocenters. The number of halogens is 1. The van der Waals surface area contributed by atoms with Gasteiger partial charge in [0.2, 0.25) is 0 Å². The van der Waals surface area contributed by atoms with E-state index >= 15 is 0 Å². The van der Waals surface area contributed by atoms with Crippen molar-refractivity contribution in [3.8, 4) is 0 Å². The first-order chi connectivity index (χ1) is 11.2. The monoisotopic (exact) mass is 431 g/mol. The zero-order valence-electron chi connectivity index (χ0n) is 12.3. The highest BCUT2D eigenvalue weighted by molar-refractivity contribution is 14.1. The van der Waals surface area contributed by atoms with E-state index in [9.17, 15) is 4.79 Å². The fourth-order valence-corrected chi connectivity index (χ4v) is 3.77. The maximum atomic E-state index is 12.6. The average Bonchev–Trinajstić information content (AvgIpc) is 2.99. The van der Waals surface area contributed by atoms with Gasteiger partial charge >= 0.3 is 0 Å². The summed E-state index contributed by atoms with van der Waals surface area (Å²) in [6, 6.07) is 21.4. The van der Waals surface area contributed by atoms with Gasteiger partial charge in [0.15, 0.2) is 5.78 Å². The lowest BCUT2D eigenvalue weighted by Crippen LogP contribution is -2.03. The lowest BCUT2D eigenvalue weighted by Gasteiger charge is -2.05. The van der Waals surface area contributed by atoms with E-state index in [1.54, 1.807) is 11.3 Å². The second-order valence-electron chi connectivity index (χ2n) is 5.00. The number of aliphatic imine (C=N–C) groups is 1. The molecule has 0 saturated heterocycles. The van der Waals surface area contributed by atoms with E-state index < -0.39 is 0 Å². The molecule has 0 fully saturated rings. The molecule has 0 amide bonds. The summed E-state index contributed by atoms with van der Waals surface area (Å²) >= 11 is 3.96. The molecule has 23 heavy (non-hydrogen) atoms. The molecule has 2 aromatic carbocycles. The molecule has 1 heterocycles. The largest absolute Gasteiger partial charge is 0.294 e. The summed E-state index contributed by atoms with van der Waals surface area (Å²) in [6.07, 6.45) is 2.21. The van der Waals surface area contributed by atoms with Crippen molar-refractivity contribution in [1.29, 1.82) is 0 Å². The first-order valence-corrected chi connectivity index (χ1v) is 9.07. The third-order valence-corrected chi connectivity index (χ3v) is 5.17. The molecule has 0 aliphatic rings. The van der Waals surface area contributed by atoms with Gasteiger partial charge in [-0.1, -0.05) is 42.5 Å². The molecule has 0 bridgehead atoms. The number of nitrogens with zero attached hydrogens (tertiary/aromatic N) is 1. The summed E-state index contributed by atoms with van der Waals surface area (Å²) < 4.78 is 1.22. The zero-order valence-corrected chi connectivity index (χ0v) is 15.3. The van der Waals surface area contributed by atoms with Crippen LogP contribution in [-0.2, 0) is 6.42 Å². The van der Waals surface area contributed by atoms with E-state index in [-0.39, 0.29) is 5.78 Å². The van der Waals surface area contributed by atoms with Crippen LogP contribution in [0.25, 0.3) is 0 Å². The quantitative estimate of drug-likeness (QED) is 0.297. The number of hydrogen-bond donors (Lipinski definition) is 0. The summed E-state index contributed by atoms with van der Waals surface area (Å²) in [5.41, 5.74) is 2.40. The second kappa shape index (κ2) is 7.66. The van der Waals surface area contributed by atoms with E-state index in [0.29, 0.717) is 12.0 Å². The normalized spacial score (nSPS) is 11.0. The minimum atomic E-state index is 0.0877. The van der Waals surface area contributed by atoms with Crippen molar-refractivity contribution in [3.63, 3.8) is 0 Å². The van der Waals surface area contributed by atoms with Gasteiger partial charge in [0.05, 0.1) is 8.57 Å². The van der Waals surface area contributed by atoms with Crippen LogP contribution in [0.3, 0.4) is 0 Å². The highest BCUT2D eigenvalue weighted by Crippen LogP contribution is 2.22. The predicted octanol–water partition coefficient (Wildman–Crippen LogP) is 5.53. The maximum Gasteiger partial charge on any atom is 0.169 e. The third kappa shape index (κ3) is 4.36. The Bertz CT molecular complexity index is 839. The molecule has 0 unspecified atom stereocenters. The first kappa shape index (κ1) is 16.1. The van der Waals surface area contributed by atoms with Crippen molar-refractivity contribution < 1.29 is 4.79 Å². The Labute approximate surface area is 153 Å². The van der Waals surface area contributed by atoms with E-state index in [0.717, 1.165) is 16.1 Å². The molecule has 0 saturated carbocycles. The minimum Gasteiger partial charge on any atom is -0.294 e. The van der Waals surface area contributed by atoms with E-state index in [4.69, 9.17) is 0 Å². The molecule has 0 aliphatic carbocycles. The lowest BCUT2D eigenvalue weighted by molar-refractivity contribution is 0.0993. The molecule has 3 aromatic rings. The molecule has 4 heteroatoms. The van der Waals surface area contributed by atoms with E-state index in [1.165, 1.54) is 2.88 Å². The van der Waals surface area contributed by atoms with Crippen LogP contribution in [0, 0.1) is 2.88 Å². The van der Waals surface area contributed by atoms with Crippen LogP contribution in [0.15, 0.2) is 71.7 Å². The second-order valence-corrected chi connectivity index (χ2v) is 8.01. The predicted molar refractivity (Wildman–Crippen MR) is 105 cm³/mol. The zero-order chi connectivity index (χ0) is 16.1. The minimum absolute atomic E-state index is 0.0877. The molecular formula is C19H14INOS. The van der Waals surface area contributed by atoms with Gasteiger partial charge in [-0.25, -0.2) is 0 Å². The lowest BCUT2D eigenvalue weighted by atomic mass is 10.0. The average molecular weight is 431 g/mol. The van der Waals surface area contributed by atoms with Crippen LogP contribution in [0.4, 0.5) is 5.69 Å². The number of Topliss-reactive ketones (excluding diaryl/α,β-unsaturated/α-hetero) is 1. The van der Waals surface area contributed by atoms with Gasteiger partial charge in [-0.2, -0.15) is 0 Å². The SMILES string of the molecule is O=C(Cc1ccccc1)c1ccccc1N=Cc1ccc(I)s1. The molecule has 2 nitrogen and oxygen atoms in total. The number of rotatable bonds is 5. The number of hydrogen-bond acceptors (Lipinski definition) is 3. The van der Waals surface area contributed by atoms with Gasteiger partial charge in [0, 0.05) is 23.1 Å². The smallest absolute Gasteiger partial charge is 0.169 e. The number of benzene rings is 2. The summed E-state index contributed by atoms with van der Waals surface area (Å²) in [4.78, 5) is 18.2. The Morgan fingerprint density at radius 2 is 1.74 bits per heavy atom. The van der Waals surface area contributed by atoms with Crippen LogP contribution in [0.1, 0.15) is 20.8 Å². The molecule has 114 valence electrons. The van der Waals surface area contributed by atoms with Crippen molar-refractivity contribution in [1.82, 2.24) is 0 Å². The molecule has 0 spiro atoms. The van der Waals surface area contributed by atoms with Gasteiger partial charge in [0.25, 0.3) is 0 Å². The van der Waals surface area contributed by atoms with Crippen molar-refractivity contribution in [3.05, 3.63) is 85.6 Å². The highest BCUT2D eigenvalue weighted by atomic mass is 127. The third-order valence-electron chi connectivity index (χ3n) is 3.34. The highest BCUT2D eigenvalue weighted by Gasteiger charge is 2.11. The summed E-state index contributed by atoms with van der Waals surface area (Å²) in [7, 11) is 0. The van der Waals surface area contributed by atoms with Crippen LogP contribution in [0.5, 0.6) is 0 Å². The first-order valence-electron chi connectivity index (χ1n) is 7.18. The Morgan fingerprint density at radius 1 is 1.00 bits per heavy atom. The number of thiophene rings is 1. The Hall–Kier alpha value is -1.79. The van der Waals surface area contributed by atoms with Crippen molar-refractivity contribution in [2.45, 2.75) is 6.42 Å². The maximum absolute atomic E-state index is 12.6. The topological polar surface area (TPSA) is 29.4 Å². The standard InChI is InChI=1S/C19H14INOS/c20-19-11-10-15(23-19)13-21-17-9-5-4-8-16(17)18(22)12-14-6-2-1-3-7-14/h1-11,13H,12H2. The van der Waals surface area contributed by atoms with Gasteiger partial charge in [-0.05, 0) is 52.4 Å². The Kier molecular flexibility index (Phi) is 5.35. The molecule has 0 aliphatic heterocycles. The van der Waals surface area contributed by atoms with Gasteiger partial charge in [0.1, 0.15) is 0 Å². The Morgan fingerprint density at radius 3 is 2.48 bits per heavy atom. The van der Waals surface area contributed by atoms with Crippen LogP contribution in [0.2, 0.25) is 0 Å². The van der Waals surface area contributed by atoms with E-state index in [2.05, 4.69) is 33.6 Å². The number of carbonyl (C=O) groups excluding carboxylic acids is 1. The summed E-state index contributed by atoms with van der Waals surface area (Å²) in [6.45, 7) is 0. The van der Waals surface area contributed by atoms with Crippen molar-refractivity contribution >= 4 is 51.6 Å². The summed E-state index contributed by atoms with van der Waals surface area (Å²) in [5, 5.41) is 0. The fraction of sp³-hybridized carbons (Fsp3) is 0.0526. The molecule has 0 N–H and O–H groups in total. The molecule has 0 radical (unpaired) electrons. The van der Waals surface area contributed by atoms with Crippen LogP contribution >= 0.6 is 33.9 Å². The molecule has 1 aromatic heterocycles. The number of para-hydroxylation sites is 1. The molecular weight excluding hydrogens is 417 g/mol. The number of ketones is 1. The van der Waals surface area contributed by atoms with Crippen molar-refractivity contribution in [2.24, 2.45) is 4.99 Å². The van der Waals surface area contributed by atoms with Crippen LogP contribution in [-0.4, -0.2) is 12.0 Å². The van der Waals surface area contributed by atoms with Gasteiger partial charge in [-0.15, -0.1) is 11.3 Å². The number of carbonyl (C=O) groups is 1. The summed E-state index contributed by atoms with van der Waals surface area (Å²) in [5.74, 6) is 0.0877.